The summed E-state index contributed by atoms with van der Waals surface area (Å²) in [4.78, 5) is 0. The van der Waals surface area contributed by atoms with Gasteiger partial charge in [0.25, 0.3) is 10.2 Å². The predicted molar refractivity (Wildman–Crippen MR) is 56.0 cm³/mol. The molecule has 84 valence electrons. The minimum atomic E-state index is -3.33. The number of nitrogens with one attached hydrogen (secondary N) is 1. The van der Waals surface area contributed by atoms with E-state index in [9.17, 15) is 8.42 Å². The Labute approximate surface area is 85.8 Å². The Hall–Kier alpha value is -0.170. The molecule has 1 fully saturated rings. The average molecular weight is 221 g/mol. The van der Waals surface area contributed by atoms with Crippen LogP contribution in [0.15, 0.2) is 0 Å². The lowest BCUT2D eigenvalue weighted by Crippen LogP contribution is -2.51. The third-order valence-electron chi connectivity index (χ3n) is 2.60. The Kier molecular flexibility index (Phi) is 3.88. The molecule has 3 N–H and O–H groups in total. The van der Waals surface area contributed by atoms with Gasteiger partial charge in [-0.2, -0.15) is 17.4 Å². The molecule has 0 bridgehead atoms. The molecule has 2 atom stereocenters. The normalized spacial score (nSPS) is 29.4. The largest absolute Gasteiger partial charge is 0.326 e. The molecular weight excluding hydrogens is 202 g/mol. The summed E-state index contributed by atoms with van der Waals surface area (Å²) in [6.07, 6.45) is 3.89. The predicted octanol–water partition coefficient (Wildman–Crippen LogP) is -0.348. The van der Waals surface area contributed by atoms with Gasteiger partial charge in [0.1, 0.15) is 0 Å². The lowest BCUT2D eigenvalue weighted by Gasteiger charge is -2.29. The van der Waals surface area contributed by atoms with Crippen molar-refractivity contribution in [3.63, 3.8) is 0 Å². The highest BCUT2D eigenvalue weighted by Gasteiger charge is 2.26. The third kappa shape index (κ3) is 2.91. The molecule has 5 nitrogen and oxygen atoms in total. The van der Waals surface area contributed by atoms with E-state index in [-0.39, 0.29) is 12.1 Å². The van der Waals surface area contributed by atoms with Crippen LogP contribution in [0, 0.1) is 0 Å². The van der Waals surface area contributed by atoms with Gasteiger partial charge in [0, 0.05) is 26.2 Å². The Morgan fingerprint density at radius 2 is 1.86 bits per heavy atom. The van der Waals surface area contributed by atoms with Crippen LogP contribution in [0.25, 0.3) is 0 Å². The van der Waals surface area contributed by atoms with Crippen molar-refractivity contribution in [3.05, 3.63) is 0 Å². The van der Waals surface area contributed by atoms with Crippen LogP contribution in [0.3, 0.4) is 0 Å². The summed E-state index contributed by atoms with van der Waals surface area (Å²) in [7, 11) is -0.306. The van der Waals surface area contributed by atoms with Crippen molar-refractivity contribution in [2.75, 3.05) is 14.1 Å². The van der Waals surface area contributed by atoms with Crippen molar-refractivity contribution in [2.45, 2.75) is 37.8 Å². The number of hydrogen-bond donors (Lipinski definition) is 2. The van der Waals surface area contributed by atoms with Gasteiger partial charge < -0.3 is 5.73 Å². The van der Waals surface area contributed by atoms with Crippen molar-refractivity contribution in [2.24, 2.45) is 5.73 Å². The van der Waals surface area contributed by atoms with Crippen molar-refractivity contribution in [3.8, 4) is 0 Å². The standard InChI is InChI=1S/C8H19N3O2S/c1-11(2)14(12,13)10-8-6-4-3-5-7(8)9/h7-8,10H,3-6,9H2,1-2H3. The van der Waals surface area contributed by atoms with Crippen molar-refractivity contribution >= 4 is 10.2 Å². The molecule has 2 unspecified atom stereocenters. The van der Waals surface area contributed by atoms with Gasteiger partial charge in [0.2, 0.25) is 0 Å². The van der Waals surface area contributed by atoms with Gasteiger partial charge in [-0.1, -0.05) is 12.8 Å². The van der Waals surface area contributed by atoms with E-state index in [1.54, 1.807) is 0 Å². The SMILES string of the molecule is CN(C)S(=O)(=O)NC1CCCCC1N. The lowest BCUT2D eigenvalue weighted by atomic mass is 9.92. The van der Waals surface area contributed by atoms with Crippen LogP contribution < -0.4 is 10.5 Å². The number of hydrogen-bond acceptors (Lipinski definition) is 3. The molecule has 0 aromatic carbocycles. The topological polar surface area (TPSA) is 75.4 Å². The van der Waals surface area contributed by atoms with E-state index in [0.717, 1.165) is 25.7 Å². The summed E-state index contributed by atoms with van der Waals surface area (Å²) in [5.41, 5.74) is 5.84. The summed E-state index contributed by atoms with van der Waals surface area (Å²) in [6, 6.07) is -0.144. The number of nitrogens with two attached hydrogens (primary N) is 1. The van der Waals surface area contributed by atoms with Gasteiger partial charge in [-0.3, -0.25) is 0 Å². The van der Waals surface area contributed by atoms with Gasteiger partial charge in [-0.15, -0.1) is 0 Å². The number of nitrogens with zero attached hydrogens (tertiary/aromatic N) is 1. The van der Waals surface area contributed by atoms with E-state index in [4.69, 9.17) is 5.73 Å². The second kappa shape index (κ2) is 4.57. The summed E-state index contributed by atoms with van der Waals surface area (Å²) in [6.45, 7) is 0. The zero-order valence-corrected chi connectivity index (χ0v) is 9.55. The average Bonchev–Trinajstić information content (AvgIpc) is 2.08. The second-order valence-electron chi connectivity index (χ2n) is 3.96. The first-order chi connectivity index (χ1) is 6.43. The van der Waals surface area contributed by atoms with Gasteiger partial charge in [0.05, 0.1) is 0 Å². The molecule has 0 aliphatic heterocycles. The molecule has 0 amide bonds. The van der Waals surface area contributed by atoms with Gasteiger partial charge in [-0.25, -0.2) is 0 Å². The smallest absolute Gasteiger partial charge is 0.279 e. The second-order valence-corrected chi connectivity index (χ2v) is 5.88. The Morgan fingerprint density at radius 3 is 2.36 bits per heavy atom. The molecule has 6 heteroatoms. The summed E-state index contributed by atoms with van der Waals surface area (Å²) in [5.74, 6) is 0. The molecule has 0 heterocycles. The van der Waals surface area contributed by atoms with E-state index in [0.29, 0.717) is 0 Å². The van der Waals surface area contributed by atoms with Gasteiger partial charge in [0.15, 0.2) is 0 Å². The van der Waals surface area contributed by atoms with E-state index < -0.39 is 10.2 Å². The van der Waals surface area contributed by atoms with Gasteiger partial charge in [-0.05, 0) is 12.8 Å². The van der Waals surface area contributed by atoms with Crippen LogP contribution >= 0.6 is 0 Å². The minimum Gasteiger partial charge on any atom is -0.326 e. The Balaban J connectivity index is 2.58. The van der Waals surface area contributed by atoms with Crippen molar-refractivity contribution in [1.29, 1.82) is 0 Å². The first-order valence-electron chi connectivity index (χ1n) is 4.89. The quantitative estimate of drug-likeness (QED) is 0.684. The maximum atomic E-state index is 11.5. The van der Waals surface area contributed by atoms with E-state index in [2.05, 4.69) is 4.72 Å². The van der Waals surface area contributed by atoms with Crippen LogP contribution in [0.1, 0.15) is 25.7 Å². The fourth-order valence-electron chi connectivity index (χ4n) is 1.60. The highest BCUT2D eigenvalue weighted by Crippen LogP contribution is 2.17. The maximum Gasteiger partial charge on any atom is 0.279 e. The lowest BCUT2D eigenvalue weighted by molar-refractivity contribution is 0.354. The minimum absolute atomic E-state index is 0.0431. The third-order valence-corrected chi connectivity index (χ3v) is 4.16. The van der Waals surface area contributed by atoms with E-state index in [1.165, 1.54) is 18.4 Å². The first kappa shape index (κ1) is 11.9. The van der Waals surface area contributed by atoms with Crippen LogP contribution in [0.5, 0.6) is 0 Å². The molecule has 1 saturated carbocycles. The molecule has 1 aliphatic carbocycles. The fraction of sp³-hybridized carbons (Fsp3) is 1.00. The molecule has 0 aromatic heterocycles. The first-order valence-corrected chi connectivity index (χ1v) is 6.33. The van der Waals surface area contributed by atoms with Crippen molar-refractivity contribution in [1.82, 2.24) is 9.03 Å². The Bertz CT molecular complexity index is 276. The molecule has 1 rings (SSSR count). The molecule has 14 heavy (non-hydrogen) atoms. The summed E-state index contributed by atoms with van der Waals surface area (Å²) >= 11 is 0. The van der Waals surface area contributed by atoms with Crippen LogP contribution in [-0.2, 0) is 10.2 Å². The molecule has 0 saturated heterocycles. The highest BCUT2D eigenvalue weighted by atomic mass is 32.2. The Morgan fingerprint density at radius 1 is 1.29 bits per heavy atom. The molecule has 0 aromatic rings. The summed E-state index contributed by atoms with van der Waals surface area (Å²) < 4.78 is 26.8. The fourth-order valence-corrected chi connectivity index (χ4v) is 2.49. The molecule has 0 spiro atoms. The number of rotatable bonds is 3. The van der Waals surface area contributed by atoms with Crippen LogP contribution in [0.2, 0.25) is 0 Å². The molecule has 1 aliphatic rings. The van der Waals surface area contributed by atoms with E-state index >= 15 is 0 Å². The maximum absolute atomic E-state index is 11.5. The zero-order valence-electron chi connectivity index (χ0n) is 8.73. The van der Waals surface area contributed by atoms with Crippen molar-refractivity contribution < 1.29 is 8.42 Å². The monoisotopic (exact) mass is 221 g/mol. The zero-order chi connectivity index (χ0) is 10.8. The summed E-state index contributed by atoms with van der Waals surface area (Å²) in [5, 5.41) is 0. The van der Waals surface area contributed by atoms with Gasteiger partial charge >= 0.3 is 0 Å². The molecular formula is C8H19N3O2S. The highest BCUT2D eigenvalue weighted by molar-refractivity contribution is 7.87. The van der Waals surface area contributed by atoms with Crippen LogP contribution in [0.4, 0.5) is 0 Å². The molecule has 0 radical (unpaired) electrons. The van der Waals surface area contributed by atoms with E-state index in [1.807, 2.05) is 0 Å². The van der Waals surface area contributed by atoms with Crippen LogP contribution in [-0.4, -0.2) is 38.9 Å².